The van der Waals surface area contributed by atoms with Crippen molar-refractivity contribution in [1.29, 1.82) is 0 Å². The molecular formula is C24H33N3OS. The van der Waals surface area contributed by atoms with Crippen molar-refractivity contribution in [3.63, 3.8) is 0 Å². The molecule has 1 aliphatic rings. The molecule has 1 amide bonds. The van der Waals surface area contributed by atoms with Gasteiger partial charge in [0.2, 0.25) is 0 Å². The van der Waals surface area contributed by atoms with Gasteiger partial charge in [0, 0.05) is 34.5 Å². The van der Waals surface area contributed by atoms with Crippen molar-refractivity contribution in [2.24, 2.45) is 5.92 Å². The van der Waals surface area contributed by atoms with Crippen LogP contribution in [-0.2, 0) is 0 Å². The van der Waals surface area contributed by atoms with Gasteiger partial charge >= 0.3 is 0 Å². The predicted molar refractivity (Wildman–Crippen MR) is 124 cm³/mol. The molecule has 5 heteroatoms. The van der Waals surface area contributed by atoms with Crippen molar-refractivity contribution >= 4 is 29.0 Å². The van der Waals surface area contributed by atoms with E-state index in [0.717, 1.165) is 30.8 Å². The van der Waals surface area contributed by atoms with Crippen molar-refractivity contribution in [1.82, 2.24) is 10.2 Å². The van der Waals surface area contributed by atoms with Gasteiger partial charge in [-0.25, -0.2) is 0 Å². The van der Waals surface area contributed by atoms with E-state index in [9.17, 15) is 4.79 Å². The molecule has 4 nitrogen and oxygen atoms in total. The molecule has 0 saturated heterocycles. The number of para-hydroxylation sites is 1. The average molecular weight is 412 g/mol. The number of rotatable bonds is 8. The van der Waals surface area contributed by atoms with Gasteiger partial charge in [0.1, 0.15) is 0 Å². The summed E-state index contributed by atoms with van der Waals surface area (Å²) >= 11 is 1.78. The maximum atomic E-state index is 12.8. The van der Waals surface area contributed by atoms with Gasteiger partial charge in [0.25, 0.3) is 5.91 Å². The van der Waals surface area contributed by atoms with Crippen molar-refractivity contribution in [2.75, 3.05) is 31.6 Å². The van der Waals surface area contributed by atoms with Crippen LogP contribution in [-0.4, -0.2) is 43.5 Å². The summed E-state index contributed by atoms with van der Waals surface area (Å²) in [5.74, 6) is 0.496. The van der Waals surface area contributed by atoms with Gasteiger partial charge < -0.3 is 15.1 Å². The highest BCUT2D eigenvalue weighted by Crippen LogP contribution is 2.49. The zero-order valence-corrected chi connectivity index (χ0v) is 19.1. The molecule has 2 unspecified atom stereocenters. The number of nitrogens with one attached hydrogen (secondary N) is 1. The fourth-order valence-corrected chi connectivity index (χ4v) is 4.63. The number of hydrogen-bond donors (Lipinski definition) is 1. The predicted octanol–water partition coefficient (Wildman–Crippen LogP) is 5.41. The van der Waals surface area contributed by atoms with Crippen LogP contribution in [0.15, 0.2) is 52.3 Å². The monoisotopic (exact) mass is 411 g/mol. The Morgan fingerprint density at radius 1 is 1.10 bits per heavy atom. The van der Waals surface area contributed by atoms with Gasteiger partial charge in [-0.05, 0) is 56.8 Å². The molecule has 0 radical (unpaired) electrons. The van der Waals surface area contributed by atoms with Gasteiger partial charge in [-0.2, -0.15) is 0 Å². The first-order valence-corrected chi connectivity index (χ1v) is 11.4. The fraction of sp³-hybridized carbons (Fsp3) is 0.458. The van der Waals surface area contributed by atoms with E-state index < -0.39 is 0 Å². The molecule has 3 rings (SSSR count). The lowest BCUT2D eigenvalue weighted by Crippen LogP contribution is -2.39. The van der Waals surface area contributed by atoms with E-state index >= 15 is 0 Å². The molecule has 0 fully saturated rings. The van der Waals surface area contributed by atoms with Crippen LogP contribution in [0.4, 0.5) is 11.4 Å². The lowest BCUT2D eigenvalue weighted by atomic mass is 10.1. The molecule has 29 heavy (non-hydrogen) atoms. The average Bonchev–Trinajstić information content (AvgIpc) is 2.74. The first-order chi connectivity index (χ1) is 13.9. The Hall–Kier alpha value is -1.98. The van der Waals surface area contributed by atoms with E-state index in [-0.39, 0.29) is 5.91 Å². The molecule has 0 aliphatic carbocycles. The Balaban J connectivity index is 1.94. The van der Waals surface area contributed by atoms with Gasteiger partial charge in [-0.3, -0.25) is 4.79 Å². The molecule has 0 bridgehead atoms. The molecule has 0 spiro atoms. The standard InChI is InChI=1S/C24H33N3OS/c1-6-17(3)15-25-24(28)19-12-13-23-21(14-19)27(18(4)16-26(5)7-2)20-10-8-9-11-22(20)29-23/h8-14,17-18H,6-7,15-16H2,1-5H3,(H,25,28). The third-order valence-corrected chi connectivity index (χ3v) is 6.82. The Bertz CT molecular complexity index is 854. The van der Waals surface area contributed by atoms with E-state index in [0.29, 0.717) is 18.5 Å². The van der Waals surface area contributed by atoms with Crippen LogP contribution in [0.2, 0.25) is 0 Å². The van der Waals surface area contributed by atoms with Crippen molar-refractivity contribution < 1.29 is 4.79 Å². The minimum absolute atomic E-state index is 0.00948. The summed E-state index contributed by atoms with van der Waals surface area (Å²) in [6.07, 6.45) is 1.06. The van der Waals surface area contributed by atoms with E-state index in [2.05, 4.69) is 86.3 Å². The summed E-state index contributed by atoms with van der Waals surface area (Å²) in [6.45, 7) is 11.4. The Morgan fingerprint density at radius 2 is 1.83 bits per heavy atom. The second-order valence-electron chi connectivity index (χ2n) is 8.05. The maximum Gasteiger partial charge on any atom is 0.251 e. The Labute approximate surface area is 179 Å². The number of benzene rings is 2. The summed E-state index contributed by atoms with van der Waals surface area (Å²) in [5, 5.41) is 3.09. The van der Waals surface area contributed by atoms with Crippen molar-refractivity contribution in [3.8, 4) is 0 Å². The lowest BCUT2D eigenvalue weighted by Gasteiger charge is -2.38. The molecule has 2 aromatic rings. The quantitative estimate of drug-likeness (QED) is 0.630. The van der Waals surface area contributed by atoms with Crippen LogP contribution < -0.4 is 10.2 Å². The second-order valence-corrected chi connectivity index (χ2v) is 9.13. The largest absolute Gasteiger partial charge is 0.352 e. The minimum atomic E-state index is 0.00948. The van der Waals surface area contributed by atoms with Crippen LogP contribution in [0, 0.1) is 5.92 Å². The normalized spacial score (nSPS) is 14.9. The number of anilines is 2. The summed E-state index contributed by atoms with van der Waals surface area (Å²) in [6, 6.07) is 14.9. The SMILES string of the molecule is CCC(C)CNC(=O)c1ccc2c(c1)N(C(C)CN(C)CC)c1ccccc1S2. The number of carbonyl (C=O) groups excluding carboxylic acids is 1. The molecular weight excluding hydrogens is 378 g/mol. The number of carbonyl (C=O) groups is 1. The maximum absolute atomic E-state index is 12.8. The number of amides is 1. The number of hydrogen-bond acceptors (Lipinski definition) is 4. The zero-order chi connectivity index (χ0) is 21.0. The van der Waals surface area contributed by atoms with E-state index in [1.54, 1.807) is 11.8 Å². The van der Waals surface area contributed by atoms with E-state index in [1.165, 1.54) is 15.5 Å². The first kappa shape index (κ1) is 21.7. The highest BCUT2D eigenvalue weighted by atomic mass is 32.2. The van der Waals surface area contributed by atoms with Gasteiger partial charge in [0.15, 0.2) is 0 Å². The Morgan fingerprint density at radius 3 is 2.55 bits per heavy atom. The van der Waals surface area contributed by atoms with Gasteiger partial charge in [-0.15, -0.1) is 0 Å². The highest BCUT2D eigenvalue weighted by molar-refractivity contribution is 7.99. The van der Waals surface area contributed by atoms with E-state index in [1.807, 2.05) is 6.07 Å². The zero-order valence-electron chi connectivity index (χ0n) is 18.2. The van der Waals surface area contributed by atoms with Crippen LogP contribution in [0.1, 0.15) is 44.5 Å². The molecule has 1 N–H and O–H groups in total. The third kappa shape index (κ3) is 4.96. The van der Waals surface area contributed by atoms with E-state index in [4.69, 9.17) is 0 Å². The molecule has 1 heterocycles. The summed E-state index contributed by atoms with van der Waals surface area (Å²) in [7, 11) is 2.15. The Kier molecular flexibility index (Phi) is 7.25. The fourth-order valence-electron chi connectivity index (χ4n) is 3.57. The van der Waals surface area contributed by atoms with Crippen LogP contribution in [0.3, 0.4) is 0 Å². The number of nitrogens with zero attached hydrogens (tertiary/aromatic N) is 2. The van der Waals surface area contributed by atoms with Crippen molar-refractivity contribution in [3.05, 3.63) is 48.0 Å². The first-order valence-electron chi connectivity index (χ1n) is 10.6. The second kappa shape index (κ2) is 9.68. The smallest absolute Gasteiger partial charge is 0.251 e. The molecule has 1 aliphatic heterocycles. The molecule has 2 aromatic carbocycles. The molecule has 0 saturated carbocycles. The molecule has 156 valence electrons. The van der Waals surface area contributed by atoms with Crippen LogP contribution in [0.5, 0.6) is 0 Å². The summed E-state index contributed by atoms with van der Waals surface area (Å²) < 4.78 is 0. The number of likely N-dealkylation sites (N-methyl/N-ethyl adjacent to an activating group) is 1. The summed E-state index contributed by atoms with van der Waals surface area (Å²) in [4.78, 5) is 20.0. The molecule has 2 atom stereocenters. The van der Waals surface area contributed by atoms with Crippen LogP contribution >= 0.6 is 11.8 Å². The minimum Gasteiger partial charge on any atom is -0.352 e. The third-order valence-electron chi connectivity index (χ3n) is 5.69. The highest BCUT2D eigenvalue weighted by Gasteiger charge is 2.28. The van der Waals surface area contributed by atoms with Crippen LogP contribution in [0.25, 0.3) is 0 Å². The summed E-state index contributed by atoms with van der Waals surface area (Å²) in [5.41, 5.74) is 3.08. The number of fused-ring (bicyclic) bond motifs is 2. The van der Waals surface area contributed by atoms with Gasteiger partial charge in [0.05, 0.1) is 11.4 Å². The topological polar surface area (TPSA) is 35.6 Å². The van der Waals surface area contributed by atoms with Crippen molar-refractivity contribution in [2.45, 2.75) is 49.9 Å². The molecule has 0 aromatic heterocycles. The van der Waals surface area contributed by atoms with Gasteiger partial charge in [-0.1, -0.05) is 51.1 Å². The lowest BCUT2D eigenvalue weighted by molar-refractivity contribution is 0.0948.